The molecule has 6 nitrogen and oxygen atoms in total. The lowest BCUT2D eigenvalue weighted by Gasteiger charge is -2.33. The molecule has 1 aliphatic rings. The van der Waals surface area contributed by atoms with Crippen molar-refractivity contribution in [2.24, 2.45) is 10.9 Å². The van der Waals surface area contributed by atoms with Crippen molar-refractivity contribution in [1.82, 2.24) is 14.5 Å². The van der Waals surface area contributed by atoms with Crippen LogP contribution in [-0.4, -0.2) is 68.6 Å². The first kappa shape index (κ1) is 22.9. The number of likely N-dealkylation sites (tertiary alicyclic amines) is 1. The number of hydrogen-bond donors (Lipinski definition) is 1. The molecule has 1 fully saturated rings. The van der Waals surface area contributed by atoms with Gasteiger partial charge >= 0.3 is 0 Å². The first-order valence-corrected chi connectivity index (χ1v) is 10.1. The quantitative estimate of drug-likeness (QED) is 0.359. The second kappa shape index (κ2) is 11.5. The van der Waals surface area contributed by atoms with Gasteiger partial charge < -0.3 is 10.2 Å². The summed E-state index contributed by atoms with van der Waals surface area (Å²) in [6.07, 6.45) is 2.43. The van der Waals surface area contributed by atoms with E-state index in [2.05, 4.69) is 22.1 Å². The Morgan fingerprint density at radius 1 is 1.30 bits per heavy atom. The molecule has 1 heterocycles. The van der Waals surface area contributed by atoms with Crippen molar-refractivity contribution in [3.63, 3.8) is 0 Å². The van der Waals surface area contributed by atoms with Crippen molar-refractivity contribution < 1.29 is 8.42 Å². The number of rotatable bonds is 7. The second-order valence-corrected chi connectivity index (χ2v) is 7.92. The Labute approximate surface area is 159 Å². The standard InChI is InChI=1S/C15H32N4O2S.HI/c1-5-16-15(18-11-8-9-14(4)13-18)17-10-12-22(20,21)19(6-2)7-3;/h14H,5-13H2,1-4H3,(H,16,17);1H. The molecule has 1 saturated heterocycles. The van der Waals surface area contributed by atoms with Crippen LogP contribution >= 0.6 is 24.0 Å². The summed E-state index contributed by atoms with van der Waals surface area (Å²) in [5.41, 5.74) is 0. The molecule has 138 valence electrons. The molecule has 1 aliphatic heterocycles. The Kier molecular flexibility index (Phi) is 11.4. The van der Waals surface area contributed by atoms with E-state index in [4.69, 9.17) is 0 Å². The fourth-order valence-corrected chi connectivity index (χ4v) is 4.19. The average molecular weight is 460 g/mol. The Hall–Kier alpha value is -0.0900. The minimum absolute atomic E-state index is 0. The van der Waals surface area contributed by atoms with E-state index < -0.39 is 10.0 Å². The molecule has 0 aromatic carbocycles. The molecule has 1 rings (SSSR count). The summed E-state index contributed by atoms with van der Waals surface area (Å²) < 4.78 is 25.9. The third kappa shape index (κ3) is 7.55. The fourth-order valence-electron chi connectivity index (χ4n) is 2.82. The molecule has 1 unspecified atom stereocenters. The van der Waals surface area contributed by atoms with Crippen molar-refractivity contribution in [2.75, 3.05) is 45.0 Å². The monoisotopic (exact) mass is 460 g/mol. The largest absolute Gasteiger partial charge is 0.357 e. The number of nitrogens with one attached hydrogen (secondary N) is 1. The van der Waals surface area contributed by atoms with Gasteiger partial charge in [-0.05, 0) is 25.7 Å². The van der Waals surface area contributed by atoms with Gasteiger partial charge in [-0.15, -0.1) is 24.0 Å². The highest BCUT2D eigenvalue weighted by Crippen LogP contribution is 2.15. The maximum absolute atomic E-state index is 12.2. The van der Waals surface area contributed by atoms with Crippen LogP contribution < -0.4 is 5.32 Å². The van der Waals surface area contributed by atoms with Crippen LogP contribution in [0.5, 0.6) is 0 Å². The minimum atomic E-state index is -3.19. The second-order valence-electron chi connectivity index (χ2n) is 5.83. The summed E-state index contributed by atoms with van der Waals surface area (Å²) in [7, 11) is -3.19. The predicted molar refractivity (Wildman–Crippen MR) is 108 cm³/mol. The molecule has 0 amide bonds. The highest BCUT2D eigenvalue weighted by Gasteiger charge is 2.21. The topological polar surface area (TPSA) is 65.0 Å². The smallest absolute Gasteiger partial charge is 0.215 e. The van der Waals surface area contributed by atoms with Gasteiger partial charge in [-0.3, -0.25) is 4.99 Å². The summed E-state index contributed by atoms with van der Waals surface area (Å²) in [6.45, 7) is 12.2. The van der Waals surface area contributed by atoms with Crippen LogP contribution in [0.1, 0.15) is 40.5 Å². The summed E-state index contributed by atoms with van der Waals surface area (Å²) >= 11 is 0. The van der Waals surface area contributed by atoms with Gasteiger partial charge in [0, 0.05) is 32.7 Å². The molecule has 8 heteroatoms. The number of hydrogen-bond acceptors (Lipinski definition) is 3. The summed E-state index contributed by atoms with van der Waals surface area (Å²) in [6, 6.07) is 0. The molecule has 0 saturated carbocycles. The van der Waals surface area contributed by atoms with Gasteiger partial charge in [-0.1, -0.05) is 20.8 Å². The van der Waals surface area contributed by atoms with Gasteiger partial charge in [0.15, 0.2) is 5.96 Å². The van der Waals surface area contributed by atoms with Gasteiger partial charge in [0.1, 0.15) is 0 Å². The van der Waals surface area contributed by atoms with Crippen molar-refractivity contribution in [3.05, 3.63) is 0 Å². The molecule has 0 aliphatic carbocycles. The first-order valence-electron chi connectivity index (χ1n) is 8.45. The molecule has 0 aromatic rings. The van der Waals surface area contributed by atoms with Crippen LogP contribution in [0, 0.1) is 5.92 Å². The van der Waals surface area contributed by atoms with E-state index in [9.17, 15) is 8.42 Å². The van der Waals surface area contributed by atoms with E-state index in [1.807, 2.05) is 20.8 Å². The number of piperidine rings is 1. The summed E-state index contributed by atoms with van der Waals surface area (Å²) in [4.78, 5) is 6.79. The lowest BCUT2D eigenvalue weighted by molar-refractivity contribution is 0.266. The Bertz CT molecular complexity index is 452. The zero-order valence-corrected chi connectivity index (χ0v) is 18.1. The molecule has 0 aromatic heterocycles. The molecule has 23 heavy (non-hydrogen) atoms. The van der Waals surface area contributed by atoms with Gasteiger partial charge in [-0.2, -0.15) is 0 Å². The fraction of sp³-hybridized carbons (Fsp3) is 0.933. The van der Waals surface area contributed by atoms with Crippen LogP contribution in [0.2, 0.25) is 0 Å². The number of nitrogens with zero attached hydrogens (tertiary/aromatic N) is 3. The van der Waals surface area contributed by atoms with Crippen molar-refractivity contribution in [2.45, 2.75) is 40.5 Å². The maximum Gasteiger partial charge on any atom is 0.215 e. The van der Waals surface area contributed by atoms with Crippen LogP contribution in [0.15, 0.2) is 4.99 Å². The molecule has 0 bridgehead atoms. The Morgan fingerprint density at radius 2 is 1.96 bits per heavy atom. The SMILES string of the molecule is CCNC(=NCCS(=O)(=O)N(CC)CC)N1CCCC(C)C1.I. The zero-order chi connectivity index (χ0) is 16.6. The lowest BCUT2D eigenvalue weighted by atomic mass is 10.0. The van der Waals surface area contributed by atoms with Crippen LogP contribution in [0.3, 0.4) is 0 Å². The van der Waals surface area contributed by atoms with Gasteiger partial charge in [0.25, 0.3) is 0 Å². The van der Waals surface area contributed by atoms with Gasteiger partial charge in [0.05, 0.1) is 12.3 Å². The van der Waals surface area contributed by atoms with Crippen molar-refractivity contribution in [3.8, 4) is 0 Å². The predicted octanol–water partition coefficient (Wildman–Crippen LogP) is 1.97. The van der Waals surface area contributed by atoms with Crippen molar-refractivity contribution >= 4 is 40.0 Å². The van der Waals surface area contributed by atoms with Gasteiger partial charge in [-0.25, -0.2) is 12.7 Å². The zero-order valence-electron chi connectivity index (χ0n) is 14.9. The Morgan fingerprint density at radius 3 is 2.48 bits per heavy atom. The highest BCUT2D eigenvalue weighted by atomic mass is 127. The molecule has 0 radical (unpaired) electrons. The maximum atomic E-state index is 12.2. The van der Waals surface area contributed by atoms with E-state index in [1.54, 1.807) is 0 Å². The van der Waals surface area contributed by atoms with Crippen LogP contribution in [0.4, 0.5) is 0 Å². The van der Waals surface area contributed by atoms with Crippen LogP contribution in [0.25, 0.3) is 0 Å². The van der Waals surface area contributed by atoms with E-state index in [0.717, 1.165) is 25.6 Å². The average Bonchev–Trinajstić information content (AvgIpc) is 2.47. The molecule has 0 spiro atoms. The number of halogens is 1. The summed E-state index contributed by atoms with van der Waals surface area (Å²) in [5, 5.41) is 3.28. The number of aliphatic imine (C=N–C) groups is 1. The molecular formula is C15H33IN4O2S. The normalized spacial score (nSPS) is 19.6. The van der Waals surface area contributed by atoms with E-state index in [-0.39, 0.29) is 29.7 Å². The molecule has 1 atom stereocenters. The highest BCUT2D eigenvalue weighted by molar-refractivity contribution is 14.0. The van der Waals surface area contributed by atoms with Gasteiger partial charge in [0.2, 0.25) is 10.0 Å². The third-order valence-corrected chi connectivity index (χ3v) is 6.00. The lowest BCUT2D eigenvalue weighted by Crippen LogP contribution is -2.46. The van der Waals surface area contributed by atoms with E-state index >= 15 is 0 Å². The van der Waals surface area contributed by atoms with Crippen molar-refractivity contribution in [1.29, 1.82) is 0 Å². The number of guanidine groups is 1. The first-order chi connectivity index (χ1) is 10.4. The molecule has 1 N–H and O–H groups in total. The van der Waals surface area contributed by atoms with E-state index in [1.165, 1.54) is 17.1 Å². The summed E-state index contributed by atoms with van der Waals surface area (Å²) in [5.74, 6) is 1.59. The minimum Gasteiger partial charge on any atom is -0.357 e. The Balaban J connectivity index is 0.00000484. The molecular weight excluding hydrogens is 427 g/mol. The van der Waals surface area contributed by atoms with E-state index in [0.29, 0.717) is 25.6 Å². The van der Waals surface area contributed by atoms with Crippen LogP contribution in [-0.2, 0) is 10.0 Å². The number of sulfonamides is 1. The third-order valence-electron chi connectivity index (χ3n) is 4.00.